The van der Waals surface area contributed by atoms with Crippen molar-refractivity contribution in [3.63, 3.8) is 0 Å². The van der Waals surface area contributed by atoms with Gasteiger partial charge in [0.2, 0.25) is 0 Å². The molecule has 0 saturated carbocycles. The lowest BCUT2D eigenvalue weighted by molar-refractivity contribution is 0.677. The number of hydrogen-bond acceptors (Lipinski definition) is 8. The Balaban J connectivity index is 2.08. The average molecular weight is 252 g/mol. The molecule has 2 rings (SSSR count). The van der Waals surface area contributed by atoms with Gasteiger partial charge in [0.25, 0.3) is 11.9 Å². The first kappa shape index (κ1) is 11.8. The number of tetrazole rings is 2. The fraction of sp³-hybridized carbons (Fsp3) is 0.667. The van der Waals surface area contributed by atoms with Gasteiger partial charge in [-0.1, -0.05) is 10.2 Å². The van der Waals surface area contributed by atoms with Gasteiger partial charge in [0.05, 0.1) is 0 Å². The molecule has 0 aliphatic heterocycles. The third-order valence-corrected chi connectivity index (χ3v) is 2.08. The maximum absolute atomic E-state index is 3.94. The minimum absolute atomic E-state index is 0.461. The van der Waals surface area contributed by atoms with Gasteiger partial charge >= 0.3 is 0 Å². The van der Waals surface area contributed by atoms with Crippen LogP contribution in [0.5, 0.6) is 0 Å². The van der Waals surface area contributed by atoms with Crippen LogP contribution in [-0.4, -0.2) is 54.5 Å². The Morgan fingerprint density at radius 3 is 1.50 bits per heavy atom. The van der Waals surface area contributed by atoms with E-state index in [0.29, 0.717) is 11.9 Å². The second-order valence-corrected chi connectivity index (χ2v) is 3.43. The first-order chi connectivity index (χ1) is 8.59. The summed E-state index contributed by atoms with van der Waals surface area (Å²) in [4.78, 5) is 0. The van der Waals surface area contributed by atoms with Crippen molar-refractivity contribution in [3.05, 3.63) is 0 Å². The summed E-state index contributed by atoms with van der Waals surface area (Å²) in [5.41, 5.74) is 0. The van der Waals surface area contributed by atoms with Crippen LogP contribution < -0.4 is 10.0 Å². The molecular formula is C6H12N12. The van der Waals surface area contributed by atoms with Gasteiger partial charge in [0, 0.05) is 28.2 Å². The van der Waals surface area contributed by atoms with E-state index in [2.05, 4.69) is 41.5 Å². The van der Waals surface area contributed by atoms with Crippen LogP contribution in [-0.2, 0) is 14.1 Å². The number of anilines is 2. The topological polar surface area (TPSA) is 118 Å². The third kappa shape index (κ3) is 2.21. The molecule has 18 heavy (non-hydrogen) atoms. The normalized spacial score (nSPS) is 11.1. The van der Waals surface area contributed by atoms with Gasteiger partial charge in [-0.3, -0.25) is 0 Å². The molecule has 0 aliphatic carbocycles. The molecule has 2 heterocycles. The van der Waals surface area contributed by atoms with Crippen molar-refractivity contribution in [3.8, 4) is 0 Å². The van der Waals surface area contributed by atoms with Crippen LogP contribution in [0.3, 0.4) is 0 Å². The number of hydrogen-bond donors (Lipinski definition) is 0. The summed E-state index contributed by atoms with van der Waals surface area (Å²) in [5.74, 6) is 0.923. The Morgan fingerprint density at radius 1 is 0.833 bits per heavy atom. The van der Waals surface area contributed by atoms with Gasteiger partial charge in [0.15, 0.2) is 0 Å². The second-order valence-electron chi connectivity index (χ2n) is 3.43. The zero-order chi connectivity index (χ0) is 13.1. The van der Waals surface area contributed by atoms with Crippen LogP contribution in [0.2, 0.25) is 0 Å². The van der Waals surface area contributed by atoms with Crippen molar-refractivity contribution in [1.29, 1.82) is 0 Å². The van der Waals surface area contributed by atoms with Crippen molar-refractivity contribution in [1.82, 2.24) is 40.4 Å². The first-order valence-electron chi connectivity index (χ1n) is 4.93. The monoisotopic (exact) mass is 252 g/mol. The molecule has 0 atom stereocenters. The number of rotatable bonds is 4. The lowest BCUT2D eigenvalue weighted by atomic mass is 10.9. The van der Waals surface area contributed by atoms with Crippen molar-refractivity contribution >= 4 is 11.9 Å². The highest BCUT2D eigenvalue weighted by molar-refractivity contribution is 5.25. The Bertz CT molecular complexity index is 490. The summed E-state index contributed by atoms with van der Waals surface area (Å²) in [5, 5.41) is 32.7. The second kappa shape index (κ2) is 4.68. The highest BCUT2D eigenvalue weighted by Gasteiger charge is 2.10. The van der Waals surface area contributed by atoms with Crippen molar-refractivity contribution < 1.29 is 0 Å². The molecule has 0 saturated heterocycles. The molecule has 0 fully saturated rings. The Kier molecular flexibility index (Phi) is 3.07. The molecule has 0 aromatic carbocycles. The van der Waals surface area contributed by atoms with E-state index in [1.165, 1.54) is 19.4 Å². The number of nitrogens with zero attached hydrogens (tertiary/aromatic N) is 12. The smallest absolute Gasteiger partial charge is 0.213 e. The maximum atomic E-state index is 3.94. The van der Waals surface area contributed by atoms with Gasteiger partial charge in [-0.25, -0.2) is 19.4 Å². The Hall–Kier alpha value is -2.66. The molecule has 0 N–H and O–H groups in total. The van der Waals surface area contributed by atoms with Crippen LogP contribution in [0.25, 0.3) is 0 Å². The molecule has 96 valence electrons. The minimum Gasteiger partial charge on any atom is -0.213 e. The van der Waals surface area contributed by atoms with Gasteiger partial charge in [0.1, 0.15) is 0 Å². The number of aromatic nitrogens is 8. The van der Waals surface area contributed by atoms with Crippen LogP contribution in [0.4, 0.5) is 11.9 Å². The molecule has 2 aromatic rings. The van der Waals surface area contributed by atoms with E-state index in [0.717, 1.165) is 0 Å². The van der Waals surface area contributed by atoms with E-state index in [1.807, 2.05) is 0 Å². The zero-order valence-electron chi connectivity index (χ0n) is 10.4. The van der Waals surface area contributed by atoms with E-state index >= 15 is 0 Å². The fourth-order valence-corrected chi connectivity index (χ4v) is 1.20. The standard InChI is InChI=1S/C6H12N12/c1-15-5(7-9-11-15)17(3)13-14-18(4)6-8-10-12-16(6)2/h1-4H3/b14-13+. The largest absolute Gasteiger partial charge is 0.266 e. The SMILES string of the molecule is CN(/N=N/N(C)c1nnnn1C)c1nnnn1C. The van der Waals surface area contributed by atoms with E-state index in [1.54, 1.807) is 28.2 Å². The Labute approximate surface area is 102 Å². The number of aryl methyl sites for hydroxylation is 2. The molecule has 12 nitrogen and oxygen atoms in total. The van der Waals surface area contributed by atoms with Crippen LogP contribution in [0.1, 0.15) is 0 Å². The van der Waals surface area contributed by atoms with E-state index < -0.39 is 0 Å². The quantitative estimate of drug-likeness (QED) is 0.481. The third-order valence-electron chi connectivity index (χ3n) is 2.08. The molecular weight excluding hydrogens is 240 g/mol. The Morgan fingerprint density at radius 2 is 1.22 bits per heavy atom. The van der Waals surface area contributed by atoms with E-state index in [9.17, 15) is 0 Å². The summed E-state index contributed by atoms with van der Waals surface area (Å²) in [6, 6.07) is 0. The summed E-state index contributed by atoms with van der Waals surface area (Å²) in [7, 11) is 6.77. The van der Waals surface area contributed by atoms with Gasteiger partial charge in [-0.2, -0.15) is 0 Å². The van der Waals surface area contributed by atoms with E-state index in [-0.39, 0.29) is 0 Å². The maximum Gasteiger partial charge on any atom is 0.266 e. The summed E-state index contributed by atoms with van der Waals surface area (Å²) in [6.07, 6.45) is 0. The molecule has 0 spiro atoms. The van der Waals surface area contributed by atoms with Crippen LogP contribution in [0, 0.1) is 0 Å². The predicted molar refractivity (Wildman–Crippen MR) is 59.3 cm³/mol. The lowest BCUT2D eigenvalue weighted by Gasteiger charge is -2.11. The van der Waals surface area contributed by atoms with Gasteiger partial charge in [-0.15, -0.1) is 0 Å². The molecule has 0 aliphatic rings. The summed E-state index contributed by atoms with van der Waals surface area (Å²) >= 11 is 0. The molecule has 0 radical (unpaired) electrons. The minimum atomic E-state index is 0.461. The molecule has 0 unspecified atom stereocenters. The van der Waals surface area contributed by atoms with Crippen molar-refractivity contribution in [2.45, 2.75) is 0 Å². The van der Waals surface area contributed by atoms with Crippen molar-refractivity contribution in [2.75, 3.05) is 24.1 Å². The molecule has 2 aromatic heterocycles. The lowest BCUT2D eigenvalue weighted by Crippen LogP contribution is -2.18. The van der Waals surface area contributed by atoms with Crippen molar-refractivity contribution in [2.24, 2.45) is 24.5 Å². The summed E-state index contributed by atoms with van der Waals surface area (Å²) in [6.45, 7) is 0. The molecule has 12 heteroatoms. The molecule has 0 amide bonds. The predicted octanol–water partition coefficient (Wildman–Crippen LogP) is -1.41. The highest BCUT2D eigenvalue weighted by Crippen LogP contribution is 2.07. The van der Waals surface area contributed by atoms with Gasteiger partial charge in [-0.05, 0) is 31.3 Å². The van der Waals surface area contributed by atoms with Crippen LogP contribution >= 0.6 is 0 Å². The summed E-state index contributed by atoms with van der Waals surface area (Å²) < 4.78 is 2.95. The van der Waals surface area contributed by atoms with E-state index in [4.69, 9.17) is 0 Å². The van der Waals surface area contributed by atoms with Gasteiger partial charge < -0.3 is 0 Å². The average Bonchev–Trinajstić information content (AvgIpc) is 2.94. The zero-order valence-corrected chi connectivity index (χ0v) is 10.4. The first-order valence-corrected chi connectivity index (χ1v) is 4.93. The van der Waals surface area contributed by atoms with Crippen LogP contribution in [0.15, 0.2) is 10.4 Å². The fourth-order valence-electron chi connectivity index (χ4n) is 1.20. The highest BCUT2D eigenvalue weighted by atomic mass is 15.7. The molecule has 0 bridgehead atoms.